The van der Waals surface area contributed by atoms with Crippen LogP contribution in [0.4, 0.5) is 0 Å². The summed E-state index contributed by atoms with van der Waals surface area (Å²) in [6.07, 6.45) is 8.95. The van der Waals surface area contributed by atoms with Crippen LogP contribution in [0.15, 0.2) is 20.5 Å². The quantitative estimate of drug-likeness (QED) is 0.702. The zero-order valence-electron chi connectivity index (χ0n) is 8.11. The summed E-state index contributed by atoms with van der Waals surface area (Å²) in [6.45, 7) is 4.54. The van der Waals surface area contributed by atoms with Gasteiger partial charge in [0.05, 0.1) is 0 Å². The van der Waals surface area contributed by atoms with Crippen molar-refractivity contribution in [3.05, 3.63) is 20.5 Å². The Morgan fingerprint density at radius 3 is 2.67 bits per heavy atom. The fourth-order valence-corrected chi connectivity index (χ4v) is 2.84. The van der Waals surface area contributed by atoms with Gasteiger partial charge in [-0.1, -0.05) is 0 Å². The van der Waals surface area contributed by atoms with Crippen molar-refractivity contribution in [2.24, 2.45) is 0 Å². The maximum atomic E-state index is 2.44. The van der Waals surface area contributed by atoms with Gasteiger partial charge in [-0.05, 0) is 0 Å². The van der Waals surface area contributed by atoms with E-state index in [4.69, 9.17) is 0 Å². The Balaban J connectivity index is 2.52. The summed E-state index contributed by atoms with van der Waals surface area (Å²) in [6, 6.07) is 0. The first-order valence-electron chi connectivity index (χ1n) is 4.92. The number of hydrogen-bond donors (Lipinski definition) is 0. The van der Waals surface area contributed by atoms with Gasteiger partial charge in [-0.3, -0.25) is 0 Å². The molecule has 1 rings (SSSR count). The van der Waals surface area contributed by atoms with Crippen LogP contribution >= 0.6 is 0 Å². The normalized spacial score (nSPS) is 16.9. The second-order valence-electron chi connectivity index (χ2n) is 3.37. The van der Waals surface area contributed by atoms with Gasteiger partial charge in [0.2, 0.25) is 0 Å². The van der Waals surface area contributed by atoms with Crippen LogP contribution in [0.5, 0.6) is 0 Å². The molecule has 0 nitrogen and oxygen atoms in total. The number of allylic oxidation sites excluding steroid dienone is 4. The van der Waals surface area contributed by atoms with Crippen LogP contribution in [0.2, 0.25) is 0 Å². The van der Waals surface area contributed by atoms with Gasteiger partial charge in [-0.25, -0.2) is 0 Å². The van der Waals surface area contributed by atoms with Crippen molar-refractivity contribution in [2.75, 3.05) is 0 Å². The first-order valence-corrected chi connectivity index (χ1v) is 6.15. The molecule has 1 aliphatic rings. The Bertz CT molecular complexity index is 211. The van der Waals surface area contributed by atoms with Crippen molar-refractivity contribution >= 4 is 0 Å². The maximum absolute atomic E-state index is 2.44. The molecule has 0 heterocycles. The minimum atomic E-state index is 1.25. The van der Waals surface area contributed by atoms with E-state index < -0.39 is 0 Å². The van der Waals surface area contributed by atoms with Crippen molar-refractivity contribution < 1.29 is 24.7 Å². The molecule has 0 unspecified atom stereocenters. The Hall–Kier alpha value is 0.363. The van der Waals surface area contributed by atoms with Crippen LogP contribution in [0, 0.1) is 0 Å². The summed E-state index contributed by atoms with van der Waals surface area (Å²) >= 11 is 1.62. The van der Waals surface area contributed by atoms with E-state index in [0.29, 0.717) is 0 Å². The molecule has 0 radical (unpaired) electrons. The van der Waals surface area contributed by atoms with E-state index in [2.05, 4.69) is 19.9 Å². The number of unbranched alkanes of at least 4 members (excludes halogenated alkanes) is 1. The van der Waals surface area contributed by atoms with E-state index in [1.165, 1.54) is 32.1 Å². The zero-order chi connectivity index (χ0) is 8.97. The number of hydrogen-bond acceptors (Lipinski definition) is 0. The first-order chi connectivity index (χ1) is 5.79. The SMILES string of the molecule is CCCCC1=CCC(CC)=[C]1[Zr]. The van der Waals surface area contributed by atoms with Crippen molar-refractivity contribution in [3.8, 4) is 0 Å². The molecule has 1 aliphatic carbocycles. The fourth-order valence-electron chi connectivity index (χ4n) is 1.59. The molecule has 0 spiro atoms. The molecule has 1 heteroatoms. The third-order valence-electron chi connectivity index (χ3n) is 2.50. The molecule has 65 valence electrons. The van der Waals surface area contributed by atoms with Gasteiger partial charge >= 0.3 is 91.2 Å². The van der Waals surface area contributed by atoms with Crippen LogP contribution in [0.3, 0.4) is 0 Å². The van der Waals surface area contributed by atoms with E-state index in [-0.39, 0.29) is 0 Å². The molecular formula is C11H17Zr. The molecule has 0 saturated carbocycles. The molecule has 0 aromatic carbocycles. The molecule has 0 aromatic heterocycles. The van der Waals surface area contributed by atoms with E-state index in [1.54, 1.807) is 39.1 Å². The molecular weight excluding hydrogens is 223 g/mol. The van der Waals surface area contributed by atoms with Gasteiger partial charge in [0.1, 0.15) is 0 Å². The average Bonchev–Trinajstić information content (AvgIpc) is 2.43. The van der Waals surface area contributed by atoms with Crippen molar-refractivity contribution in [1.82, 2.24) is 0 Å². The van der Waals surface area contributed by atoms with Crippen LogP contribution in [-0.4, -0.2) is 0 Å². The summed E-state index contributed by atoms with van der Waals surface area (Å²) in [5.74, 6) is 0. The van der Waals surface area contributed by atoms with E-state index >= 15 is 0 Å². The van der Waals surface area contributed by atoms with Gasteiger partial charge in [0.25, 0.3) is 0 Å². The molecule has 0 bridgehead atoms. The van der Waals surface area contributed by atoms with Gasteiger partial charge in [0, 0.05) is 0 Å². The van der Waals surface area contributed by atoms with Crippen molar-refractivity contribution in [1.29, 1.82) is 0 Å². The summed E-state index contributed by atoms with van der Waals surface area (Å²) in [5, 5.41) is 0. The van der Waals surface area contributed by atoms with Crippen molar-refractivity contribution in [3.63, 3.8) is 0 Å². The number of rotatable bonds is 4. The Kier molecular flexibility index (Phi) is 4.50. The standard InChI is InChI=1S/C11H17.Zr/c1-3-5-6-11-8-7-10(4-2)9-11;/h8H,3-7H2,1-2H3;. The topological polar surface area (TPSA) is 0 Å². The van der Waals surface area contributed by atoms with Crippen LogP contribution in [0.25, 0.3) is 0 Å². The molecule has 0 amide bonds. The van der Waals surface area contributed by atoms with E-state index in [9.17, 15) is 0 Å². The zero-order valence-corrected chi connectivity index (χ0v) is 10.6. The van der Waals surface area contributed by atoms with Gasteiger partial charge in [-0.15, -0.1) is 0 Å². The first kappa shape index (κ1) is 10.4. The Morgan fingerprint density at radius 2 is 2.17 bits per heavy atom. The molecule has 0 atom stereocenters. The second kappa shape index (κ2) is 5.17. The fraction of sp³-hybridized carbons (Fsp3) is 0.636. The summed E-state index contributed by atoms with van der Waals surface area (Å²) in [7, 11) is 0. The predicted molar refractivity (Wildman–Crippen MR) is 49.5 cm³/mol. The van der Waals surface area contributed by atoms with Gasteiger partial charge in [-0.2, -0.15) is 0 Å². The molecule has 0 aromatic rings. The van der Waals surface area contributed by atoms with Crippen LogP contribution in [0.1, 0.15) is 46.0 Å². The Labute approximate surface area is 91.0 Å². The van der Waals surface area contributed by atoms with E-state index in [0.717, 1.165) is 0 Å². The van der Waals surface area contributed by atoms with Crippen LogP contribution < -0.4 is 0 Å². The van der Waals surface area contributed by atoms with Crippen LogP contribution in [-0.2, 0) is 24.7 Å². The minimum absolute atomic E-state index is 1.25. The molecule has 0 saturated heterocycles. The summed E-state index contributed by atoms with van der Waals surface area (Å²) in [4.78, 5) is 0. The summed E-state index contributed by atoms with van der Waals surface area (Å²) in [5.41, 5.74) is 3.35. The molecule has 0 aliphatic heterocycles. The monoisotopic (exact) mass is 239 g/mol. The molecule has 12 heavy (non-hydrogen) atoms. The average molecular weight is 240 g/mol. The molecule has 0 fully saturated rings. The van der Waals surface area contributed by atoms with E-state index in [1.807, 2.05) is 0 Å². The third kappa shape index (κ3) is 2.42. The van der Waals surface area contributed by atoms with Gasteiger partial charge in [0.15, 0.2) is 0 Å². The predicted octanol–water partition coefficient (Wildman–Crippen LogP) is 3.72. The molecule has 0 N–H and O–H groups in total. The van der Waals surface area contributed by atoms with Crippen molar-refractivity contribution in [2.45, 2.75) is 46.0 Å². The second-order valence-corrected chi connectivity index (χ2v) is 4.60. The third-order valence-corrected chi connectivity index (χ3v) is 4.15. The Morgan fingerprint density at radius 1 is 1.42 bits per heavy atom. The van der Waals surface area contributed by atoms with Gasteiger partial charge < -0.3 is 0 Å². The summed E-state index contributed by atoms with van der Waals surface area (Å²) < 4.78 is 1.68.